The maximum atomic E-state index is 13.4. The summed E-state index contributed by atoms with van der Waals surface area (Å²) in [5, 5.41) is 2.83. The number of ether oxygens (including phenoxy) is 2. The number of aromatic nitrogens is 1. The van der Waals surface area contributed by atoms with E-state index in [1.165, 1.54) is 0 Å². The topological polar surface area (TPSA) is 84.0 Å². The molecular weight excluding hydrogens is 432 g/mol. The van der Waals surface area contributed by atoms with Crippen LogP contribution in [0.25, 0.3) is 0 Å². The zero-order chi connectivity index (χ0) is 24.7. The maximum absolute atomic E-state index is 13.4. The minimum Gasteiger partial charge on any atom is -0.491 e. The molecule has 1 aromatic heterocycles. The molecule has 8 heteroatoms. The lowest BCUT2D eigenvalue weighted by molar-refractivity contribution is -0.115. The zero-order valence-corrected chi connectivity index (χ0v) is 20.8. The molecule has 0 unspecified atom stereocenters. The lowest BCUT2D eigenvalue weighted by Gasteiger charge is -2.35. The third kappa shape index (κ3) is 6.55. The van der Waals surface area contributed by atoms with Gasteiger partial charge in [-0.1, -0.05) is 19.9 Å². The van der Waals surface area contributed by atoms with E-state index in [2.05, 4.69) is 29.0 Å². The van der Waals surface area contributed by atoms with Crippen LogP contribution in [0.15, 0.2) is 42.6 Å². The number of methoxy groups -OCH3 is 1. The Morgan fingerprint density at radius 1 is 1.24 bits per heavy atom. The van der Waals surface area contributed by atoms with Crippen LogP contribution in [0.3, 0.4) is 0 Å². The van der Waals surface area contributed by atoms with E-state index in [1.54, 1.807) is 50.4 Å². The first kappa shape index (κ1) is 25.6. The molecule has 0 saturated carbocycles. The molecular formula is C26H36N4O4. The Morgan fingerprint density at radius 3 is 2.71 bits per heavy atom. The predicted molar refractivity (Wildman–Crippen MR) is 132 cm³/mol. The minimum absolute atomic E-state index is 0.0709. The van der Waals surface area contributed by atoms with E-state index in [4.69, 9.17) is 9.47 Å². The van der Waals surface area contributed by atoms with Gasteiger partial charge < -0.3 is 19.7 Å². The van der Waals surface area contributed by atoms with Gasteiger partial charge in [0.15, 0.2) is 0 Å². The number of pyridine rings is 1. The Morgan fingerprint density at radius 2 is 2.03 bits per heavy atom. The van der Waals surface area contributed by atoms with Crippen LogP contribution in [-0.2, 0) is 16.1 Å². The second kappa shape index (κ2) is 11.9. The number of fused-ring (bicyclic) bond motifs is 1. The van der Waals surface area contributed by atoms with Crippen LogP contribution in [0.5, 0.6) is 5.75 Å². The molecule has 0 radical (unpaired) electrons. The summed E-state index contributed by atoms with van der Waals surface area (Å²) in [5.74, 6) is 0.386. The molecule has 8 nitrogen and oxygen atoms in total. The van der Waals surface area contributed by atoms with Gasteiger partial charge in [-0.3, -0.25) is 19.5 Å². The average molecular weight is 469 g/mol. The first-order valence-electron chi connectivity index (χ1n) is 11.8. The van der Waals surface area contributed by atoms with Gasteiger partial charge in [0.1, 0.15) is 12.4 Å². The van der Waals surface area contributed by atoms with Gasteiger partial charge in [0.05, 0.1) is 17.4 Å². The number of benzene rings is 1. The molecule has 184 valence electrons. The first-order chi connectivity index (χ1) is 16.3. The fourth-order valence-electron chi connectivity index (χ4n) is 4.10. The smallest absolute Gasteiger partial charge is 0.257 e. The van der Waals surface area contributed by atoms with Crippen molar-refractivity contribution >= 4 is 17.5 Å². The highest BCUT2D eigenvalue weighted by atomic mass is 16.5. The van der Waals surface area contributed by atoms with Crippen LogP contribution >= 0.6 is 0 Å². The van der Waals surface area contributed by atoms with Crippen LogP contribution in [-0.4, -0.2) is 72.6 Å². The van der Waals surface area contributed by atoms with Gasteiger partial charge >= 0.3 is 0 Å². The van der Waals surface area contributed by atoms with E-state index in [-0.39, 0.29) is 29.9 Å². The molecule has 0 spiro atoms. The van der Waals surface area contributed by atoms with Crippen molar-refractivity contribution in [2.24, 2.45) is 5.92 Å². The number of amides is 2. The highest BCUT2D eigenvalue weighted by Crippen LogP contribution is 2.27. The fourth-order valence-corrected chi connectivity index (χ4v) is 4.10. The Kier molecular flexibility index (Phi) is 9.01. The number of hydrogen-bond donors (Lipinski definition) is 1. The van der Waals surface area contributed by atoms with Gasteiger partial charge in [0.2, 0.25) is 5.91 Å². The molecule has 0 aliphatic carbocycles. The standard InChI is InChI=1S/C26H36N4O4/c1-6-25(31)28-20-10-11-23-22(13-20)26(32)29(4)16-24(33-5)18(2)14-30(19(3)17-34-23)15-21-9-7-8-12-27-21/h7-13,18-19,24H,6,14-17H2,1-5H3,(H,28,31)/t18-,19+,24+/m1/s1. The SMILES string of the molecule is CCC(=O)Nc1ccc2c(c1)C(=O)N(C)C[C@H](OC)[C@H](C)CN(Cc1ccccn1)[C@@H](C)CO2. The molecule has 1 aliphatic heterocycles. The van der Waals surface area contributed by atoms with Crippen molar-refractivity contribution in [2.45, 2.75) is 45.9 Å². The predicted octanol–water partition coefficient (Wildman–Crippen LogP) is 3.44. The van der Waals surface area contributed by atoms with E-state index in [0.717, 1.165) is 12.2 Å². The van der Waals surface area contributed by atoms with Gasteiger partial charge in [-0.05, 0) is 43.2 Å². The van der Waals surface area contributed by atoms with Crippen LogP contribution in [0.1, 0.15) is 43.2 Å². The molecule has 3 atom stereocenters. The van der Waals surface area contributed by atoms with E-state index in [0.29, 0.717) is 43.1 Å². The zero-order valence-electron chi connectivity index (χ0n) is 20.8. The number of likely N-dealkylation sites (N-methyl/N-ethyl adjacent to an activating group) is 1. The van der Waals surface area contributed by atoms with Gasteiger partial charge in [-0.2, -0.15) is 0 Å². The Labute approximate surface area is 202 Å². The van der Waals surface area contributed by atoms with Crippen molar-refractivity contribution in [1.29, 1.82) is 0 Å². The van der Waals surface area contributed by atoms with E-state index < -0.39 is 0 Å². The quantitative estimate of drug-likeness (QED) is 0.724. The summed E-state index contributed by atoms with van der Waals surface area (Å²) in [6.45, 7) is 8.35. The lowest BCUT2D eigenvalue weighted by Crippen LogP contribution is -2.46. The third-order valence-electron chi connectivity index (χ3n) is 6.27. The summed E-state index contributed by atoms with van der Waals surface area (Å²) in [6.07, 6.45) is 2.03. The molecule has 1 aliphatic rings. The van der Waals surface area contributed by atoms with Gasteiger partial charge in [0, 0.05) is 58.1 Å². The second-order valence-electron chi connectivity index (χ2n) is 8.96. The van der Waals surface area contributed by atoms with Crippen molar-refractivity contribution < 1.29 is 19.1 Å². The third-order valence-corrected chi connectivity index (χ3v) is 6.27. The number of anilines is 1. The molecule has 3 rings (SSSR count). The van der Waals surface area contributed by atoms with Gasteiger partial charge in [-0.25, -0.2) is 0 Å². The second-order valence-corrected chi connectivity index (χ2v) is 8.96. The highest BCUT2D eigenvalue weighted by molar-refractivity contribution is 5.99. The lowest BCUT2D eigenvalue weighted by atomic mass is 10.0. The minimum atomic E-state index is -0.171. The van der Waals surface area contributed by atoms with Crippen molar-refractivity contribution in [3.8, 4) is 5.75 Å². The van der Waals surface area contributed by atoms with Crippen LogP contribution in [0.2, 0.25) is 0 Å². The van der Waals surface area contributed by atoms with Crippen LogP contribution in [0, 0.1) is 5.92 Å². The van der Waals surface area contributed by atoms with E-state index in [9.17, 15) is 9.59 Å². The van der Waals surface area contributed by atoms with Crippen LogP contribution < -0.4 is 10.1 Å². The number of carbonyl (C=O) groups excluding carboxylic acids is 2. The molecule has 2 amide bonds. The van der Waals surface area contributed by atoms with Gasteiger partial charge in [0.25, 0.3) is 5.91 Å². The number of nitrogens with zero attached hydrogens (tertiary/aromatic N) is 3. The Hall–Kier alpha value is -2.97. The summed E-state index contributed by atoms with van der Waals surface area (Å²) < 4.78 is 12.0. The first-order valence-corrected chi connectivity index (χ1v) is 11.8. The number of carbonyl (C=O) groups is 2. The number of nitrogens with one attached hydrogen (secondary N) is 1. The fraction of sp³-hybridized carbons (Fsp3) is 0.500. The molecule has 34 heavy (non-hydrogen) atoms. The molecule has 2 heterocycles. The van der Waals surface area contributed by atoms with E-state index in [1.807, 2.05) is 18.2 Å². The maximum Gasteiger partial charge on any atom is 0.257 e. The monoisotopic (exact) mass is 468 g/mol. The summed E-state index contributed by atoms with van der Waals surface area (Å²) in [6, 6.07) is 11.2. The Balaban J connectivity index is 1.93. The Bertz CT molecular complexity index is 969. The summed E-state index contributed by atoms with van der Waals surface area (Å²) in [7, 11) is 3.45. The summed E-state index contributed by atoms with van der Waals surface area (Å²) in [4.78, 5) is 33.8. The van der Waals surface area contributed by atoms with Crippen molar-refractivity contribution in [2.75, 3.05) is 39.2 Å². The van der Waals surface area contributed by atoms with Crippen molar-refractivity contribution in [1.82, 2.24) is 14.8 Å². The number of rotatable bonds is 5. The highest BCUT2D eigenvalue weighted by Gasteiger charge is 2.28. The van der Waals surface area contributed by atoms with E-state index >= 15 is 0 Å². The molecule has 1 aromatic carbocycles. The molecule has 0 saturated heterocycles. The largest absolute Gasteiger partial charge is 0.491 e. The van der Waals surface area contributed by atoms with Crippen molar-refractivity contribution in [3.05, 3.63) is 53.9 Å². The molecule has 0 fully saturated rings. The molecule has 2 aromatic rings. The summed E-state index contributed by atoms with van der Waals surface area (Å²) in [5.41, 5.74) is 1.99. The van der Waals surface area contributed by atoms with Gasteiger partial charge in [-0.15, -0.1) is 0 Å². The number of hydrogen-bond acceptors (Lipinski definition) is 6. The molecule has 1 N–H and O–H groups in total. The van der Waals surface area contributed by atoms with Crippen LogP contribution in [0.4, 0.5) is 5.69 Å². The normalized spacial score (nSPS) is 22.2. The van der Waals surface area contributed by atoms with Crippen molar-refractivity contribution in [3.63, 3.8) is 0 Å². The summed E-state index contributed by atoms with van der Waals surface area (Å²) >= 11 is 0. The average Bonchev–Trinajstić information content (AvgIpc) is 2.85. The molecule has 0 bridgehead atoms.